The minimum Gasteiger partial charge on any atom is -0.356 e. The van der Waals surface area contributed by atoms with Gasteiger partial charge in [-0.2, -0.15) is 18.3 Å². The van der Waals surface area contributed by atoms with E-state index in [0.29, 0.717) is 23.1 Å². The number of hydrogen-bond acceptors (Lipinski definition) is 6. The van der Waals surface area contributed by atoms with Gasteiger partial charge in [0, 0.05) is 37.9 Å². The Labute approximate surface area is 176 Å². The maximum atomic E-state index is 13.0. The minimum atomic E-state index is -4.53. The number of alkyl halides is 3. The molecule has 0 radical (unpaired) electrons. The molecule has 4 aromatic heterocycles. The fraction of sp³-hybridized carbons (Fsp3) is 0.350. The van der Waals surface area contributed by atoms with Crippen molar-refractivity contribution in [3.8, 4) is 11.5 Å². The van der Waals surface area contributed by atoms with E-state index in [-0.39, 0.29) is 0 Å². The van der Waals surface area contributed by atoms with Crippen molar-refractivity contribution in [3.63, 3.8) is 0 Å². The molecule has 5 rings (SSSR count). The normalized spacial score (nSPS) is 16.8. The zero-order chi connectivity index (χ0) is 21.8. The van der Waals surface area contributed by atoms with Crippen LogP contribution in [0.5, 0.6) is 0 Å². The molecule has 1 saturated heterocycles. The van der Waals surface area contributed by atoms with Gasteiger partial charge in [0.2, 0.25) is 0 Å². The third kappa shape index (κ3) is 4.81. The summed E-state index contributed by atoms with van der Waals surface area (Å²) in [7, 11) is 0. The van der Waals surface area contributed by atoms with Gasteiger partial charge in [-0.25, -0.2) is 19.9 Å². The van der Waals surface area contributed by atoms with E-state index < -0.39 is 11.9 Å². The number of hydrogen-bond donors (Lipinski definition) is 1. The van der Waals surface area contributed by atoms with Gasteiger partial charge in [0.05, 0.1) is 12.4 Å². The first kappa shape index (κ1) is 20.8. The third-order valence-electron chi connectivity index (χ3n) is 4.94. The van der Waals surface area contributed by atoms with Crippen LogP contribution in [0.4, 0.5) is 19.0 Å². The smallest absolute Gasteiger partial charge is 0.356 e. The van der Waals surface area contributed by atoms with Crippen LogP contribution in [0.25, 0.3) is 17.2 Å². The standard InChI is InChI=1S/C17H17F3N6.C3H4N2/c1-11-3-2-6-25(9-11)14-4-5-21-16(24-14)12-7-23-15-8-22-13(10-26(12)15)17(18,19)20;1-2-4-5-3-1/h4-5,7-8,10-11H,2-3,6,9H2,1H3;1-3H,(H,4,5). The van der Waals surface area contributed by atoms with E-state index in [4.69, 9.17) is 0 Å². The lowest BCUT2D eigenvalue weighted by Gasteiger charge is -2.31. The lowest BCUT2D eigenvalue weighted by molar-refractivity contribution is -0.141. The Kier molecular flexibility index (Phi) is 5.83. The maximum absolute atomic E-state index is 13.0. The highest BCUT2D eigenvalue weighted by atomic mass is 19.4. The first-order valence-corrected chi connectivity index (χ1v) is 9.84. The molecule has 11 heteroatoms. The number of halogens is 3. The second kappa shape index (κ2) is 8.70. The van der Waals surface area contributed by atoms with Crippen molar-refractivity contribution in [1.29, 1.82) is 0 Å². The molecule has 1 N–H and O–H groups in total. The van der Waals surface area contributed by atoms with Crippen molar-refractivity contribution in [2.24, 2.45) is 5.92 Å². The highest BCUT2D eigenvalue weighted by Crippen LogP contribution is 2.29. The largest absolute Gasteiger partial charge is 0.434 e. The Bertz CT molecular complexity index is 1110. The summed E-state index contributed by atoms with van der Waals surface area (Å²) >= 11 is 0. The van der Waals surface area contributed by atoms with Gasteiger partial charge >= 0.3 is 6.18 Å². The number of anilines is 1. The number of aromatic amines is 1. The van der Waals surface area contributed by atoms with E-state index in [1.807, 2.05) is 12.1 Å². The van der Waals surface area contributed by atoms with E-state index in [9.17, 15) is 13.2 Å². The van der Waals surface area contributed by atoms with Crippen LogP contribution < -0.4 is 4.90 Å². The molecule has 1 unspecified atom stereocenters. The summed E-state index contributed by atoms with van der Waals surface area (Å²) < 4.78 is 40.2. The maximum Gasteiger partial charge on any atom is 0.434 e. The molecule has 5 heterocycles. The van der Waals surface area contributed by atoms with Gasteiger partial charge in [0.1, 0.15) is 11.5 Å². The third-order valence-corrected chi connectivity index (χ3v) is 4.94. The first-order chi connectivity index (χ1) is 14.9. The van der Waals surface area contributed by atoms with Crippen LogP contribution in [0, 0.1) is 5.92 Å². The molecular weight excluding hydrogens is 409 g/mol. The van der Waals surface area contributed by atoms with Gasteiger partial charge in [0.25, 0.3) is 0 Å². The van der Waals surface area contributed by atoms with Crippen LogP contribution in [0.3, 0.4) is 0 Å². The Morgan fingerprint density at radius 3 is 2.68 bits per heavy atom. The van der Waals surface area contributed by atoms with Crippen molar-refractivity contribution in [1.82, 2.24) is 34.5 Å². The van der Waals surface area contributed by atoms with E-state index in [2.05, 4.69) is 42.0 Å². The van der Waals surface area contributed by atoms with Crippen LogP contribution in [-0.4, -0.2) is 47.6 Å². The second-order valence-corrected chi connectivity index (χ2v) is 7.34. The Hall–Kier alpha value is -3.50. The number of fused-ring (bicyclic) bond motifs is 1. The number of nitrogens with one attached hydrogen (secondary N) is 1. The summed E-state index contributed by atoms with van der Waals surface area (Å²) in [4.78, 5) is 18.5. The molecule has 0 saturated carbocycles. The van der Waals surface area contributed by atoms with Crippen LogP contribution in [-0.2, 0) is 6.18 Å². The molecule has 0 spiro atoms. The quantitative estimate of drug-likeness (QED) is 0.520. The van der Waals surface area contributed by atoms with Crippen molar-refractivity contribution in [2.75, 3.05) is 18.0 Å². The van der Waals surface area contributed by atoms with Gasteiger partial charge in [-0.15, -0.1) is 0 Å². The van der Waals surface area contributed by atoms with Gasteiger partial charge in [-0.3, -0.25) is 9.50 Å². The lowest BCUT2D eigenvalue weighted by Crippen LogP contribution is -2.34. The average molecular weight is 430 g/mol. The molecule has 4 aromatic rings. The Morgan fingerprint density at radius 2 is 2.00 bits per heavy atom. The number of imidazole rings is 1. The molecule has 0 aromatic carbocycles. The topological polar surface area (TPSA) is 87.9 Å². The van der Waals surface area contributed by atoms with E-state index in [1.54, 1.807) is 18.6 Å². The number of H-pyrrole nitrogens is 1. The minimum absolute atomic E-state index is 0.314. The van der Waals surface area contributed by atoms with Crippen LogP contribution in [0.2, 0.25) is 0 Å². The molecule has 8 nitrogen and oxygen atoms in total. The number of rotatable bonds is 2. The highest BCUT2D eigenvalue weighted by molar-refractivity contribution is 5.58. The van der Waals surface area contributed by atoms with Gasteiger partial charge < -0.3 is 4.90 Å². The molecule has 0 amide bonds. The Morgan fingerprint density at radius 1 is 1.13 bits per heavy atom. The average Bonchev–Trinajstić information content (AvgIpc) is 3.46. The molecule has 0 bridgehead atoms. The SMILES string of the molecule is CC1CCCN(c2ccnc(-c3cnc4cnc(C(F)(F)F)cn34)n2)C1.c1cn[nH]c1. The van der Waals surface area contributed by atoms with Crippen LogP contribution in [0.15, 0.2) is 49.3 Å². The highest BCUT2D eigenvalue weighted by Gasteiger charge is 2.33. The summed E-state index contributed by atoms with van der Waals surface area (Å²) in [5, 5.41) is 6.21. The lowest BCUT2D eigenvalue weighted by atomic mass is 10.0. The summed E-state index contributed by atoms with van der Waals surface area (Å²) in [6.45, 7) is 4.02. The summed E-state index contributed by atoms with van der Waals surface area (Å²) in [5.41, 5.74) is -0.265. The summed E-state index contributed by atoms with van der Waals surface area (Å²) in [5.74, 6) is 1.70. The van der Waals surface area contributed by atoms with Gasteiger partial charge in [-0.05, 0) is 30.9 Å². The predicted molar refractivity (Wildman–Crippen MR) is 108 cm³/mol. The molecule has 1 aliphatic rings. The fourth-order valence-corrected chi connectivity index (χ4v) is 3.46. The van der Waals surface area contributed by atoms with E-state index in [1.165, 1.54) is 17.0 Å². The zero-order valence-electron chi connectivity index (χ0n) is 16.8. The second-order valence-electron chi connectivity index (χ2n) is 7.34. The van der Waals surface area contributed by atoms with Crippen molar-refractivity contribution >= 4 is 11.5 Å². The summed E-state index contributed by atoms with van der Waals surface area (Å²) in [6.07, 6.45) is 6.34. The monoisotopic (exact) mass is 430 g/mol. The first-order valence-electron chi connectivity index (χ1n) is 9.84. The van der Waals surface area contributed by atoms with Crippen LogP contribution >= 0.6 is 0 Å². The number of piperidine rings is 1. The molecule has 1 atom stereocenters. The van der Waals surface area contributed by atoms with Crippen LogP contribution in [0.1, 0.15) is 25.5 Å². The van der Waals surface area contributed by atoms with Gasteiger partial charge in [0.15, 0.2) is 17.2 Å². The molecule has 0 aliphatic carbocycles. The van der Waals surface area contributed by atoms with Crippen molar-refractivity contribution in [2.45, 2.75) is 25.9 Å². The van der Waals surface area contributed by atoms with Crippen molar-refractivity contribution in [3.05, 3.63) is 55.0 Å². The van der Waals surface area contributed by atoms with Gasteiger partial charge in [-0.1, -0.05) is 6.92 Å². The van der Waals surface area contributed by atoms with E-state index in [0.717, 1.165) is 37.7 Å². The zero-order valence-corrected chi connectivity index (χ0v) is 16.8. The number of nitrogens with zero attached hydrogens (tertiary/aromatic N) is 7. The Balaban J connectivity index is 0.000000407. The summed E-state index contributed by atoms with van der Waals surface area (Å²) in [6, 6.07) is 3.66. The molecule has 162 valence electrons. The van der Waals surface area contributed by atoms with E-state index >= 15 is 0 Å². The molecule has 1 aliphatic heterocycles. The number of aromatic nitrogens is 7. The molecular formula is C20H21F3N8. The molecule has 1 fully saturated rings. The van der Waals surface area contributed by atoms with Crippen molar-refractivity contribution < 1.29 is 13.2 Å². The fourth-order valence-electron chi connectivity index (χ4n) is 3.46. The predicted octanol–water partition coefficient (Wildman–Crippen LogP) is 3.85. The molecule has 31 heavy (non-hydrogen) atoms.